The Morgan fingerprint density at radius 2 is 1.94 bits per heavy atom. The van der Waals surface area contributed by atoms with Crippen molar-refractivity contribution in [2.24, 2.45) is 0 Å². The van der Waals surface area contributed by atoms with Crippen molar-refractivity contribution in [2.45, 2.75) is 58.4 Å². The third-order valence-electron chi connectivity index (χ3n) is 3.83. The second-order valence-corrected chi connectivity index (χ2v) is 5.63. The van der Waals surface area contributed by atoms with Gasteiger partial charge < -0.3 is 5.32 Å². The highest BCUT2D eigenvalue weighted by Gasteiger charge is 2.27. The van der Waals surface area contributed by atoms with E-state index in [4.69, 9.17) is 0 Å². The van der Waals surface area contributed by atoms with Gasteiger partial charge in [-0.25, -0.2) is 0 Å². The molecule has 1 aliphatic carbocycles. The van der Waals surface area contributed by atoms with Crippen LogP contribution in [0.1, 0.15) is 56.0 Å². The van der Waals surface area contributed by atoms with E-state index in [1.54, 1.807) is 0 Å². The van der Waals surface area contributed by atoms with Gasteiger partial charge in [-0.3, -0.25) is 4.98 Å². The fraction of sp³-hybridized carbons (Fsp3) is 0.600. The van der Waals surface area contributed by atoms with Crippen LogP contribution in [0, 0.1) is 25.2 Å². The highest BCUT2D eigenvalue weighted by atomic mass is 15.0. The smallest absolute Gasteiger partial charge is 0.103 e. The molecule has 0 aliphatic heterocycles. The monoisotopic (exact) mass is 243 g/mol. The molecule has 0 bridgehead atoms. The molecule has 0 atom stereocenters. The summed E-state index contributed by atoms with van der Waals surface area (Å²) in [6.45, 7) is 6.14. The average molecular weight is 243 g/mol. The van der Waals surface area contributed by atoms with Crippen molar-refractivity contribution < 1.29 is 0 Å². The number of pyridine rings is 1. The summed E-state index contributed by atoms with van der Waals surface area (Å²) in [5.74, 6) is 0. The first-order valence-electron chi connectivity index (χ1n) is 6.71. The normalized spacial score (nSPS) is 18.1. The summed E-state index contributed by atoms with van der Waals surface area (Å²) in [6, 6.07) is 4.26. The Labute approximate surface area is 109 Å². The molecule has 18 heavy (non-hydrogen) atoms. The van der Waals surface area contributed by atoms with Crippen molar-refractivity contribution in [3.8, 4) is 6.07 Å². The van der Waals surface area contributed by atoms with Gasteiger partial charge in [-0.2, -0.15) is 5.26 Å². The van der Waals surface area contributed by atoms with E-state index in [2.05, 4.69) is 23.3 Å². The lowest BCUT2D eigenvalue weighted by Gasteiger charge is -2.36. The zero-order valence-electron chi connectivity index (χ0n) is 11.5. The van der Waals surface area contributed by atoms with E-state index in [1.165, 1.54) is 32.1 Å². The van der Waals surface area contributed by atoms with Crippen LogP contribution in [0.4, 0.5) is 5.69 Å². The van der Waals surface area contributed by atoms with Gasteiger partial charge in [0.15, 0.2) is 0 Å². The van der Waals surface area contributed by atoms with Crippen LogP contribution in [-0.4, -0.2) is 10.5 Å². The first-order chi connectivity index (χ1) is 8.54. The quantitative estimate of drug-likeness (QED) is 0.861. The second-order valence-electron chi connectivity index (χ2n) is 5.63. The maximum Gasteiger partial charge on any atom is 0.103 e. The molecular formula is C15H21N3. The Hall–Kier alpha value is -1.56. The Morgan fingerprint density at radius 1 is 1.28 bits per heavy atom. The van der Waals surface area contributed by atoms with E-state index >= 15 is 0 Å². The van der Waals surface area contributed by atoms with Gasteiger partial charge in [0.1, 0.15) is 6.07 Å². The lowest BCUT2D eigenvalue weighted by molar-refractivity contribution is 0.349. The molecule has 3 nitrogen and oxygen atoms in total. The Morgan fingerprint density at radius 3 is 2.56 bits per heavy atom. The second kappa shape index (κ2) is 4.97. The third kappa shape index (κ3) is 2.64. The van der Waals surface area contributed by atoms with E-state index in [0.717, 1.165) is 17.1 Å². The zero-order valence-corrected chi connectivity index (χ0v) is 11.5. The van der Waals surface area contributed by atoms with Crippen LogP contribution in [0.5, 0.6) is 0 Å². The molecule has 0 amide bonds. The number of nitriles is 1. The van der Waals surface area contributed by atoms with Crippen LogP contribution in [0.3, 0.4) is 0 Å². The first-order valence-corrected chi connectivity index (χ1v) is 6.71. The number of aromatic nitrogens is 1. The van der Waals surface area contributed by atoms with Gasteiger partial charge in [0.25, 0.3) is 0 Å². The highest BCUT2D eigenvalue weighted by molar-refractivity contribution is 5.61. The topological polar surface area (TPSA) is 48.7 Å². The molecule has 96 valence electrons. The van der Waals surface area contributed by atoms with Crippen LogP contribution in [0.15, 0.2) is 6.07 Å². The van der Waals surface area contributed by atoms with Gasteiger partial charge in [-0.1, -0.05) is 19.3 Å². The molecular weight excluding hydrogens is 222 g/mol. The first kappa shape index (κ1) is 12.9. The summed E-state index contributed by atoms with van der Waals surface area (Å²) in [7, 11) is 0. The molecule has 1 aromatic rings. The molecule has 0 radical (unpaired) electrons. The Balaban J connectivity index is 2.31. The third-order valence-corrected chi connectivity index (χ3v) is 3.83. The minimum absolute atomic E-state index is 0.129. The molecule has 1 saturated carbocycles. The number of hydrogen-bond acceptors (Lipinski definition) is 3. The number of hydrogen-bond donors (Lipinski definition) is 1. The van der Waals surface area contributed by atoms with E-state index < -0.39 is 0 Å². The van der Waals surface area contributed by atoms with Crippen LogP contribution < -0.4 is 5.32 Å². The molecule has 2 rings (SSSR count). The van der Waals surface area contributed by atoms with Crippen molar-refractivity contribution in [3.05, 3.63) is 23.0 Å². The highest BCUT2D eigenvalue weighted by Crippen LogP contribution is 2.32. The van der Waals surface area contributed by atoms with Gasteiger partial charge >= 0.3 is 0 Å². The van der Waals surface area contributed by atoms with Crippen LogP contribution in [0.25, 0.3) is 0 Å². The molecule has 0 saturated heterocycles. The van der Waals surface area contributed by atoms with E-state index in [9.17, 15) is 5.26 Å². The van der Waals surface area contributed by atoms with Crippen LogP contribution >= 0.6 is 0 Å². The summed E-state index contributed by atoms with van der Waals surface area (Å²) in [5.41, 5.74) is 3.55. The Bertz CT molecular complexity index is 479. The summed E-state index contributed by atoms with van der Waals surface area (Å²) in [4.78, 5) is 4.36. The van der Waals surface area contributed by atoms with Gasteiger partial charge in [0, 0.05) is 11.2 Å². The van der Waals surface area contributed by atoms with Gasteiger partial charge in [0.2, 0.25) is 0 Å². The maximum atomic E-state index is 9.27. The van der Waals surface area contributed by atoms with Crippen molar-refractivity contribution in [1.82, 2.24) is 4.98 Å². The summed E-state index contributed by atoms with van der Waals surface area (Å²) >= 11 is 0. The number of rotatable bonds is 2. The van der Waals surface area contributed by atoms with E-state index in [0.29, 0.717) is 5.56 Å². The number of nitrogens with zero attached hydrogens (tertiary/aromatic N) is 2. The van der Waals surface area contributed by atoms with Crippen LogP contribution in [0.2, 0.25) is 0 Å². The van der Waals surface area contributed by atoms with Gasteiger partial charge in [-0.15, -0.1) is 0 Å². The Kier molecular flexibility index (Phi) is 3.56. The molecule has 3 heteroatoms. The lowest BCUT2D eigenvalue weighted by Crippen LogP contribution is -2.37. The molecule has 1 aromatic heterocycles. The maximum absolute atomic E-state index is 9.27. The summed E-state index contributed by atoms with van der Waals surface area (Å²) < 4.78 is 0. The largest absolute Gasteiger partial charge is 0.379 e. The number of aryl methyl sites for hydroxylation is 2. The lowest BCUT2D eigenvalue weighted by atomic mass is 9.83. The predicted molar refractivity (Wildman–Crippen MR) is 73.5 cm³/mol. The van der Waals surface area contributed by atoms with Gasteiger partial charge in [-0.05, 0) is 39.7 Å². The van der Waals surface area contributed by atoms with Crippen LogP contribution in [-0.2, 0) is 0 Å². The SMILES string of the molecule is Cc1cc(NC2(C)CCCCC2)c(C#N)c(C)n1. The van der Waals surface area contributed by atoms with Gasteiger partial charge in [0.05, 0.1) is 16.9 Å². The minimum atomic E-state index is 0.129. The molecule has 0 aromatic carbocycles. The molecule has 0 unspecified atom stereocenters. The molecule has 1 aliphatic rings. The van der Waals surface area contributed by atoms with E-state index in [-0.39, 0.29) is 5.54 Å². The average Bonchev–Trinajstić information content (AvgIpc) is 2.28. The minimum Gasteiger partial charge on any atom is -0.379 e. The van der Waals surface area contributed by atoms with E-state index in [1.807, 2.05) is 19.9 Å². The van der Waals surface area contributed by atoms with Crippen molar-refractivity contribution in [1.29, 1.82) is 5.26 Å². The van der Waals surface area contributed by atoms with Crippen molar-refractivity contribution >= 4 is 5.69 Å². The fourth-order valence-corrected chi connectivity index (χ4v) is 2.85. The fourth-order valence-electron chi connectivity index (χ4n) is 2.85. The molecule has 1 heterocycles. The summed E-state index contributed by atoms with van der Waals surface area (Å²) in [6.07, 6.45) is 6.23. The van der Waals surface area contributed by atoms with Crippen molar-refractivity contribution in [3.63, 3.8) is 0 Å². The standard InChI is InChI=1S/C15H21N3/c1-11-9-14(13(10-16)12(2)17-11)18-15(3)7-5-4-6-8-15/h9H,4-8H2,1-3H3,(H,17,18). The zero-order chi connectivity index (χ0) is 13.2. The predicted octanol–water partition coefficient (Wildman–Crippen LogP) is 3.70. The van der Waals surface area contributed by atoms with Crippen molar-refractivity contribution in [2.75, 3.05) is 5.32 Å². The molecule has 1 fully saturated rings. The number of anilines is 1. The number of nitrogens with one attached hydrogen (secondary N) is 1. The summed E-state index contributed by atoms with van der Waals surface area (Å²) in [5, 5.41) is 12.9. The molecule has 0 spiro atoms. The molecule has 1 N–H and O–H groups in total.